The van der Waals surface area contributed by atoms with Gasteiger partial charge in [0.2, 0.25) is 11.8 Å². The molecular formula is C23H33N5O4. The van der Waals surface area contributed by atoms with Gasteiger partial charge in [0.15, 0.2) is 0 Å². The van der Waals surface area contributed by atoms with Gasteiger partial charge in [-0.05, 0) is 44.2 Å². The van der Waals surface area contributed by atoms with Gasteiger partial charge in [-0.1, -0.05) is 0 Å². The molecule has 3 aliphatic heterocycles. The van der Waals surface area contributed by atoms with Crippen LogP contribution in [0.1, 0.15) is 29.6 Å². The summed E-state index contributed by atoms with van der Waals surface area (Å²) in [6.45, 7) is 4.55. The lowest BCUT2D eigenvalue weighted by molar-refractivity contribution is -0.133. The van der Waals surface area contributed by atoms with E-state index in [9.17, 15) is 14.4 Å². The molecule has 0 spiro atoms. The number of carbonyl (C=O) groups excluding carboxylic acids is 3. The van der Waals surface area contributed by atoms with Crippen molar-refractivity contribution < 1.29 is 19.1 Å². The molecule has 0 saturated carbocycles. The standard InChI is InChI=1S/C23H33N5O4/c1-26-9-11-27(12-10-26)21(29)8-5-18-14-24-23(31)20-13-17(15-28(18)20)25-22(30)16-3-6-19(32-2)7-4-16/h3-4,6-7,17-18,20H,5,8-15H2,1-2H3,(H,24,31)(H,25,30)/t17-,18-,20+/m0/s1. The van der Waals surface area contributed by atoms with Crippen LogP contribution in [0.5, 0.6) is 5.75 Å². The van der Waals surface area contributed by atoms with Gasteiger partial charge in [0.1, 0.15) is 5.75 Å². The molecule has 1 aromatic rings. The maximum Gasteiger partial charge on any atom is 0.251 e. The van der Waals surface area contributed by atoms with Crippen LogP contribution in [0.25, 0.3) is 0 Å². The highest BCUT2D eigenvalue weighted by molar-refractivity contribution is 5.94. The normalized spacial score (nSPS) is 26.4. The molecule has 0 bridgehead atoms. The number of hydrogen-bond acceptors (Lipinski definition) is 6. The van der Waals surface area contributed by atoms with Crippen molar-refractivity contribution in [2.45, 2.75) is 37.4 Å². The lowest BCUT2D eigenvalue weighted by atomic mass is 10.0. The highest BCUT2D eigenvalue weighted by Crippen LogP contribution is 2.26. The zero-order valence-corrected chi connectivity index (χ0v) is 18.9. The highest BCUT2D eigenvalue weighted by atomic mass is 16.5. The smallest absolute Gasteiger partial charge is 0.251 e. The third-order valence-electron chi connectivity index (χ3n) is 6.86. The Morgan fingerprint density at radius 3 is 2.56 bits per heavy atom. The van der Waals surface area contributed by atoms with E-state index in [2.05, 4.69) is 27.5 Å². The predicted molar refractivity (Wildman–Crippen MR) is 119 cm³/mol. The fourth-order valence-electron chi connectivity index (χ4n) is 4.86. The van der Waals surface area contributed by atoms with Crippen molar-refractivity contribution >= 4 is 17.7 Å². The third-order valence-corrected chi connectivity index (χ3v) is 6.86. The number of piperazine rings is 2. The van der Waals surface area contributed by atoms with E-state index in [1.165, 1.54) is 0 Å². The van der Waals surface area contributed by atoms with Crippen LogP contribution < -0.4 is 15.4 Å². The molecular weight excluding hydrogens is 410 g/mol. The Hall–Kier alpha value is -2.65. The van der Waals surface area contributed by atoms with Crippen LogP contribution >= 0.6 is 0 Å². The zero-order valence-electron chi connectivity index (χ0n) is 18.9. The molecule has 3 amide bonds. The number of ether oxygens (including phenoxy) is 1. The molecule has 174 valence electrons. The van der Waals surface area contributed by atoms with Crippen molar-refractivity contribution in [2.24, 2.45) is 0 Å². The number of hydrogen-bond donors (Lipinski definition) is 2. The maximum absolute atomic E-state index is 12.7. The average Bonchev–Trinajstić information content (AvgIpc) is 3.23. The third kappa shape index (κ3) is 5.05. The van der Waals surface area contributed by atoms with Gasteiger partial charge < -0.3 is 25.2 Å². The van der Waals surface area contributed by atoms with Gasteiger partial charge in [-0.3, -0.25) is 19.3 Å². The molecule has 32 heavy (non-hydrogen) atoms. The van der Waals surface area contributed by atoms with Gasteiger partial charge >= 0.3 is 0 Å². The van der Waals surface area contributed by atoms with E-state index in [1.807, 2.05) is 4.90 Å². The topological polar surface area (TPSA) is 94.2 Å². The van der Waals surface area contributed by atoms with Crippen molar-refractivity contribution in [2.75, 3.05) is 53.4 Å². The molecule has 2 N–H and O–H groups in total. The second-order valence-corrected chi connectivity index (χ2v) is 8.97. The van der Waals surface area contributed by atoms with Crippen molar-refractivity contribution in [3.05, 3.63) is 29.8 Å². The number of fused-ring (bicyclic) bond motifs is 1. The number of benzene rings is 1. The molecule has 3 fully saturated rings. The van der Waals surface area contributed by atoms with Crippen LogP contribution in [-0.2, 0) is 9.59 Å². The molecule has 4 rings (SSSR count). The van der Waals surface area contributed by atoms with Crippen molar-refractivity contribution in [3.63, 3.8) is 0 Å². The molecule has 0 aromatic heterocycles. The molecule has 9 heteroatoms. The summed E-state index contributed by atoms with van der Waals surface area (Å²) in [7, 11) is 3.66. The van der Waals surface area contributed by atoms with Crippen molar-refractivity contribution in [1.29, 1.82) is 0 Å². The molecule has 9 nitrogen and oxygen atoms in total. The van der Waals surface area contributed by atoms with Crippen LogP contribution in [0.3, 0.4) is 0 Å². The monoisotopic (exact) mass is 443 g/mol. The van der Waals surface area contributed by atoms with Crippen LogP contribution in [0.15, 0.2) is 24.3 Å². The number of nitrogens with zero attached hydrogens (tertiary/aromatic N) is 3. The minimum absolute atomic E-state index is 0.00726. The predicted octanol–water partition coefficient (Wildman–Crippen LogP) is -0.0795. The van der Waals surface area contributed by atoms with Gasteiger partial charge in [0.05, 0.1) is 13.2 Å². The molecule has 0 unspecified atom stereocenters. The molecule has 0 aliphatic carbocycles. The van der Waals surface area contributed by atoms with Crippen LogP contribution in [0.4, 0.5) is 0 Å². The molecule has 3 saturated heterocycles. The summed E-state index contributed by atoms with van der Waals surface area (Å²) in [5.74, 6) is 0.743. The Kier molecular flexibility index (Phi) is 6.95. The van der Waals surface area contributed by atoms with Crippen LogP contribution in [-0.4, -0.2) is 104 Å². The first-order chi connectivity index (χ1) is 15.4. The van der Waals surface area contributed by atoms with E-state index in [-0.39, 0.29) is 35.8 Å². The number of carbonyl (C=O) groups is 3. The zero-order chi connectivity index (χ0) is 22.7. The van der Waals surface area contributed by atoms with Gasteiger partial charge in [-0.2, -0.15) is 0 Å². The molecule has 3 aliphatic rings. The summed E-state index contributed by atoms with van der Waals surface area (Å²) in [5, 5.41) is 6.06. The number of rotatable bonds is 6. The largest absolute Gasteiger partial charge is 0.497 e. The Bertz CT molecular complexity index is 837. The van der Waals surface area contributed by atoms with E-state index in [4.69, 9.17) is 4.74 Å². The Morgan fingerprint density at radius 2 is 1.88 bits per heavy atom. The summed E-state index contributed by atoms with van der Waals surface area (Å²) in [6, 6.07) is 6.73. The molecule has 3 heterocycles. The number of nitrogens with one attached hydrogen (secondary N) is 2. The molecule has 1 aromatic carbocycles. The second kappa shape index (κ2) is 9.87. The summed E-state index contributed by atoms with van der Waals surface area (Å²) >= 11 is 0. The van der Waals surface area contributed by atoms with Gasteiger partial charge in [0, 0.05) is 63.3 Å². The average molecular weight is 444 g/mol. The lowest BCUT2D eigenvalue weighted by Crippen LogP contribution is -2.58. The fraction of sp³-hybridized carbons (Fsp3) is 0.609. The first-order valence-electron chi connectivity index (χ1n) is 11.4. The fourth-order valence-corrected chi connectivity index (χ4v) is 4.86. The number of likely N-dealkylation sites (N-methyl/N-ethyl adjacent to an activating group) is 1. The van der Waals surface area contributed by atoms with Crippen molar-refractivity contribution in [1.82, 2.24) is 25.3 Å². The SMILES string of the molecule is COc1ccc(C(=O)N[C@H]2C[C@@H]3C(=O)NC[C@H](CCC(=O)N4CCN(C)CC4)N3C2)cc1. The van der Waals surface area contributed by atoms with E-state index in [1.54, 1.807) is 31.4 Å². The minimum Gasteiger partial charge on any atom is -0.497 e. The first kappa shape index (κ1) is 22.5. The van der Waals surface area contributed by atoms with Gasteiger partial charge in [-0.15, -0.1) is 0 Å². The van der Waals surface area contributed by atoms with Crippen LogP contribution in [0, 0.1) is 0 Å². The van der Waals surface area contributed by atoms with Crippen LogP contribution in [0.2, 0.25) is 0 Å². The number of methoxy groups -OCH3 is 1. The van der Waals surface area contributed by atoms with E-state index in [0.717, 1.165) is 26.2 Å². The van der Waals surface area contributed by atoms with E-state index < -0.39 is 0 Å². The van der Waals surface area contributed by atoms with Gasteiger partial charge in [0.25, 0.3) is 5.91 Å². The highest BCUT2D eigenvalue weighted by Gasteiger charge is 2.43. The van der Waals surface area contributed by atoms with E-state index >= 15 is 0 Å². The van der Waals surface area contributed by atoms with Gasteiger partial charge in [-0.25, -0.2) is 0 Å². The van der Waals surface area contributed by atoms with E-state index in [0.29, 0.717) is 43.7 Å². The Labute approximate surface area is 189 Å². The first-order valence-corrected chi connectivity index (χ1v) is 11.4. The summed E-state index contributed by atoms with van der Waals surface area (Å²) in [5.41, 5.74) is 0.564. The number of amides is 3. The Morgan fingerprint density at radius 1 is 1.16 bits per heavy atom. The van der Waals surface area contributed by atoms with Crippen molar-refractivity contribution in [3.8, 4) is 5.75 Å². The lowest BCUT2D eigenvalue weighted by Gasteiger charge is -2.38. The minimum atomic E-state index is -0.256. The summed E-state index contributed by atoms with van der Waals surface area (Å²) in [6.07, 6.45) is 1.77. The Balaban J connectivity index is 1.31. The maximum atomic E-state index is 12.7. The summed E-state index contributed by atoms with van der Waals surface area (Å²) in [4.78, 5) is 44.1. The molecule has 3 atom stereocenters. The molecule has 0 radical (unpaired) electrons. The second-order valence-electron chi connectivity index (χ2n) is 8.97. The summed E-state index contributed by atoms with van der Waals surface area (Å²) < 4.78 is 5.14. The quantitative estimate of drug-likeness (QED) is 0.639.